The highest BCUT2D eigenvalue weighted by Gasteiger charge is 2.43. The summed E-state index contributed by atoms with van der Waals surface area (Å²) in [6, 6.07) is 20.2. The van der Waals surface area contributed by atoms with Gasteiger partial charge in [-0.05, 0) is 17.5 Å². The molecular formula is C19H24N4O2. The fourth-order valence-electron chi connectivity index (χ4n) is 3.97. The second-order valence-electron chi connectivity index (χ2n) is 6.81. The molecule has 6 N–H and O–H groups in total. The molecule has 0 saturated carbocycles. The summed E-state index contributed by atoms with van der Waals surface area (Å²) in [4.78, 5) is 0. The van der Waals surface area contributed by atoms with Gasteiger partial charge >= 0.3 is 0 Å². The van der Waals surface area contributed by atoms with Crippen LogP contribution < -0.4 is 21.7 Å². The summed E-state index contributed by atoms with van der Waals surface area (Å²) >= 11 is 0. The third-order valence-corrected chi connectivity index (χ3v) is 5.30. The first kappa shape index (κ1) is 16.7. The zero-order valence-electron chi connectivity index (χ0n) is 13.8. The van der Waals surface area contributed by atoms with E-state index in [1.807, 2.05) is 36.4 Å². The molecule has 6 nitrogen and oxygen atoms in total. The molecule has 2 aliphatic rings. The van der Waals surface area contributed by atoms with Crippen molar-refractivity contribution in [3.8, 4) is 0 Å². The van der Waals surface area contributed by atoms with Crippen LogP contribution in [-0.4, -0.2) is 22.7 Å². The SMILES string of the molecule is OC1NNC(c2ccccc2)C1CC1C(O)NNC1c1ccccc1. The third kappa shape index (κ3) is 3.32. The summed E-state index contributed by atoms with van der Waals surface area (Å²) in [6.07, 6.45) is -0.648. The maximum atomic E-state index is 10.4. The summed E-state index contributed by atoms with van der Waals surface area (Å²) in [6.45, 7) is 0. The molecule has 2 aromatic carbocycles. The Morgan fingerprint density at radius 2 is 1.00 bits per heavy atom. The standard InChI is InChI=1S/C19H24N4O2/c24-18-14(16(20-22-18)12-7-3-1-4-8-12)11-15-17(21-23-19(15)25)13-9-5-2-6-10-13/h1-10,14-25H,11H2. The topological polar surface area (TPSA) is 88.6 Å². The third-order valence-electron chi connectivity index (χ3n) is 5.30. The average molecular weight is 340 g/mol. The second-order valence-corrected chi connectivity index (χ2v) is 6.81. The molecule has 2 aromatic rings. The van der Waals surface area contributed by atoms with Gasteiger partial charge in [-0.15, -0.1) is 0 Å². The van der Waals surface area contributed by atoms with Crippen LogP contribution >= 0.6 is 0 Å². The van der Waals surface area contributed by atoms with Gasteiger partial charge in [0, 0.05) is 11.8 Å². The normalized spacial score (nSPS) is 35.1. The smallest absolute Gasteiger partial charge is 0.121 e. The van der Waals surface area contributed by atoms with Crippen LogP contribution in [0.3, 0.4) is 0 Å². The maximum absolute atomic E-state index is 10.4. The number of hydrazine groups is 2. The fourth-order valence-corrected chi connectivity index (χ4v) is 3.97. The van der Waals surface area contributed by atoms with E-state index in [4.69, 9.17) is 0 Å². The Morgan fingerprint density at radius 1 is 0.600 bits per heavy atom. The summed E-state index contributed by atoms with van der Waals surface area (Å²) in [5.74, 6) is -0.0927. The molecule has 0 aliphatic carbocycles. The van der Waals surface area contributed by atoms with E-state index in [0.29, 0.717) is 6.42 Å². The average Bonchev–Trinajstić information content (AvgIpc) is 3.21. The number of nitrogens with one attached hydrogen (secondary N) is 4. The van der Waals surface area contributed by atoms with Gasteiger partial charge in [-0.2, -0.15) is 0 Å². The molecule has 4 rings (SSSR count). The number of aliphatic hydroxyl groups is 2. The fraction of sp³-hybridized carbons (Fsp3) is 0.368. The van der Waals surface area contributed by atoms with Gasteiger partial charge in [-0.3, -0.25) is 0 Å². The van der Waals surface area contributed by atoms with Crippen LogP contribution in [0.2, 0.25) is 0 Å². The summed E-state index contributed by atoms with van der Waals surface area (Å²) in [5.41, 5.74) is 14.5. The summed E-state index contributed by atoms with van der Waals surface area (Å²) < 4.78 is 0. The van der Waals surface area contributed by atoms with Crippen LogP contribution in [0.25, 0.3) is 0 Å². The minimum absolute atomic E-state index is 0.000392. The molecule has 2 aliphatic heterocycles. The number of rotatable bonds is 4. The van der Waals surface area contributed by atoms with Crippen LogP contribution in [0.4, 0.5) is 0 Å². The molecule has 0 aromatic heterocycles. The molecule has 6 atom stereocenters. The lowest BCUT2D eigenvalue weighted by atomic mass is 9.81. The quantitative estimate of drug-likeness (QED) is 0.497. The van der Waals surface area contributed by atoms with Crippen molar-refractivity contribution in [3.63, 3.8) is 0 Å². The molecule has 0 spiro atoms. The molecule has 0 radical (unpaired) electrons. The molecule has 6 heteroatoms. The van der Waals surface area contributed by atoms with Gasteiger partial charge < -0.3 is 10.2 Å². The molecule has 6 unspecified atom stereocenters. The highest BCUT2D eigenvalue weighted by Crippen LogP contribution is 2.39. The van der Waals surface area contributed by atoms with Crippen LogP contribution in [0.1, 0.15) is 29.6 Å². The molecule has 0 amide bonds. The highest BCUT2D eigenvalue weighted by atomic mass is 16.3. The van der Waals surface area contributed by atoms with Gasteiger partial charge in [0.2, 0.25) is 0 Å². The van der Waals surface area contributed by atoms with Crippen LogP contribution in [-0.2, 0) is 0 Å². The van der Waals surface area contributed by atoms with Gasteiger partial charge in [-0.1, -0.05) is 60.7 Å². The first-order chi connectivity index (χ1) is 12.2. The predicted molar refractivity (Wildman–Crippen MR) is 94.5 cm³/mol. The number of benzene rings is 2. The maximum Gasteiger partial charge on any atom is 0.121 e. The Morgan fingerprint density at radius 3 is 1.40 bits per heavy atom. The molecule has 2 saturated heterocycles. The van der Waals surface area contributed by atoms with E-state index >= 15 is 0 Å². The molecular weight excluding hydrogens is 316 g/mol. The summed E-state index contributed by atoms with van der Waals surface area (Å²) in [5, 5.41) is 20.9. The monoisotopic (exact) mass is 340 g/mol. The second kappa shape index (κ2) is 7.21. The minimum atomic E-state index is -0.658. The zero-order chi connectivity index (χ0) is 17.2. The Balaban J connectivity index is 1.56. The van der Waals surface area contributed by atoms with Gasteiger partial charge in [0.1, 0.15) is 12.5 Å². The zero-order valence-corrected chi connectivity index (χ0v) is 13.8. The molecule has 132 valence electrons. The molecule has 25 heavy (non-hydrogen) atoms. The van der Waals surface area contributed by atoms with Crippen molar-refractivity contribution < 1.29 is 10.2 Å². The van der Waals surface area contributed by atoms with Gasteiger partial charge in [0.25, 0.3) is 0 Å². The lowest BCUT2D eigenvalue weighted by Crippen LogP contribution is -2.34. The van der Waals surface area contributed by atoms with Gasteiger partial charge in [-0.25, -0.2) is 21.7 Å². The Bertz CT molecular complexity index is 625. The van der Waals surface area contributed by atoms with Gasteiger partial charge in [0.05, 0.1) is 12.1 Å². The van der Waals surface area contributed by atoms with Crippen molar-refractivity contribution in [1.82, 2.24) is 21.7 Å². The molecule has 0 bridgehead atoms. The van der Waals surface area contributed by atoms with E-state index in [9.17, 15) is 10.2 Å². The number of hydrogen-bond acceptors (Lipinski definition) is 6. The van der Waals surface area contributed by atoms with Crippen molar-refractivity contribution in [3.05, 3.63) is 71.8 Å². The van der Waals surface area contributed by atoms with Crippen molar-refractivity contribution >= 4 is 0 Å². The Labute approximate surface area is 147 Å². The predicted octanol–water partition coefficient (Wildman–Crippen LogP) is 0.944. The largest absolute Gasteiger partial charge is 0.377 e. The Kier molecular flexibility index (Phi) is 4.80. The lowest BCUT2D eigenvalue weighted by Gasteiger charge is -2.27. The van der Waals surface area contributed by atoms with E-state index in [-0.39, 0.29) is 23.9 Å². The van der Waals surface area contributed by atoms with E-state index in [0.717, 1.165) is 11.1 Å². The molecule has 2 fully saturated rings. The number of aliphatic hydroxyl groups excluding tert-OH is 2. The van der Waals surface area contributed by atoms with Crippen LogP contribution in [0.5, 0.6) is 0 Å². The first-order valence-electron chi connectivity index (χ1n) is 8.72. The van der Waals surface area contributed by atoms with Gasteiger partial charge in [0.15, 0.2) is 0 Å². The van der Waals surface area contributed by atoms with Crippen LogP contribution in [0.15, 0.2) is 60.7 Å². The first-order valence-corrected chi connectivity index (χ1v) is 8.72. The lowest BCUT2D eigenvalue weighted by molar-refractivity contribution is 0.0550. The van der Waals surface area contributed by atoms with E-state index in [1.165, 1.54) is 0 Å². The van der Waals surface area contributed by atoms with E-state index in [1.54, 1.807) is 0 Å². The van der Waals surface area contributed by atoms with Crippen LogP contribution in [0, 0.1) is 11.8 Å². The van der Waals surface area contributed by atoms with Crippen molar-refractivity contribution in [2.45, 2.75) is 31.0 Å². The molecule has 2 heterocycles. The highest BCUT2D eigenvalue weighted by molar-refractivity contribution is 5.23. The summed E-state index contributed by atoms with van der Waals surface area (Å²) in [7, 11) is 0. The van der Waals surface area contributed by atoms with E-state index < -0.39 is 12.5 Å². The van der Waals surface area contributed by atoms with Crippen molar-refractivity contribution in [1.29, 1.82) is 0 Å². The van der Waals surface area contributed by atoms with Crippen molar-refractivity contribution in [2.75, 3.05) is 0 Å². The van der Waals surface area contributed by atoms with Crippen molar-refractivity contribution in [2.24, 2.45) is 11.8 Å². The number of hydrogen-bond donors (Lipinski definition) is 6. The van der Waals surface area contributed by atoms with E-state index in [2.05, 4.69) is 46.0 Å². The minimum Gasteiger partial charge on any atom is -0.377 e. The Hall–Kier alpha value is -1.80.